The van der Waals surface area contributed by atoms with E-state index in [0.29, 0.717) is 35.5 Å². The number of benzene rings is 2. The number of hydrogen-bond acceptors (Lipinski definition) is 3. The zero-order chi connectivity index (χ0) is 28.2. The van der Waals surface area contributed by atoms with Crippen LogP contribution in [0.15, 0.2) is 34.1 Å². The van der Waals surface area contributed by atoms with E-state index in [0.717, 1.165) is 0 Å². The molecule has 1 nitrogen and oxygen atoms in total. The first-order chi connectivity index (χ1) is 17.1. The summed E-state index contributed by atoms with van der Waals surface area (Å²) >= 11 is 3.81. The van der Waals surface area contributed by atoms with Crippen molar-refractivity contribution in [3.8, 4) is 0 Å². The Morgan fingerprint density at radius 3 is 0.838 bits per heavy atom. The minimum Gasteiger partial charge on any atom is -0.354 e. The van der Waals surface area contributed by atoms with Gasteiger partial charge < -0.3 is 4.74 Å². The number of rotatable bonds is 12. The van der Waals surface area contributed by atoms with Gasteiger partial charge in [0.25, 0.3) is 0 Å². The molecule has 2 aromatic rings. The summed E-state index contributed by atoms with van der Waals surface area (Å²) < 4.78 is 6.68. The van der Waals surface area contributed by atoms with Gasteiger partial charge in [-0.1, -0.05) is 131 Å². The lowest BCUT2D eigenvalue weighted by atomic mass is 9.89. The van der Waals surface area contributed by atoms with E-state index < -0.39 is 0 Å². The molecule has 0 amide bonds. The summed E-state index contributed by atoms with van der Waals surface area (Å²) in [5.74, 6) is 3.01. The lowest BCUT2D eigenvalue weighted by molar-refractivity contribution is 0.113. The highest BCUT2D eigenvalue weighted by Crippen LogP contribution is 2.43. The van der Waals surface area contributed by atoms with Crippen LogP contribution in [0.5, 0.6) is 0 Å². The lowest BCUT2D eigenvalue weighted by Crippen LogP contribution is -2.14. The Morgan fingerprint density at radius 2 is 0.649 bits per heavy atom. The minimum atomic E-state index is 0.0716. The van der Waals surface area contributed by atoms with Crippen LogP contribution in [0.25, 0.3) is 0 Å². The van der Waals surface area contributed by atoms with Crippen LogP contribution in [0.3, 0.4) is 0 Å². The van der Waals surface area contributed by atoms with Crippen molar-refractivity contribution in [2.75, 3.05) is 0 Å². The van der Waals surface area contributed by atoms with Gasteiger partial charge in [0.2, 0.25) is 0 Å². The molecule has 0 aliphatic rings. The molecular formula is C34H54OS2. The molecule has 2 aromatic carbocycles. The minimum absolute atomic E-state index is 0.0716. The van der Waals surface area contributed by atoms with Crippen molar-refractivity contribution < 1.29 is 4.74 Å². The van der Waals surface area contributed by atoms with E-state index in [2.05, 4.69) is 121 Å². The molecule has 3 heteroatoms. The highest BCUT2D eigenvalue weighted by molar-refractivity contribution is 8.00. The quantitative estimate of drug-likeness (QED) is 0.195. The van der Waals surface area contributed by atoms with Crippen molar-refractivity contribution >= 4 is 23.5 Å². The SMILES string of the molecule is CC(OC(C)Sc1c(C(C)C)cc(C(C)C)cc1C(C)C)Sc1c(C(C)C)cc(C(C)C)cc1C(C)C. The third-order valence-corrected chi connectivity index (χ3v) is 9.41. The number of hydrogen-bond donors (Lipinski definition) is 0. The van der Waals surface area contributed by atoms with Crippen molar-refractivity contribution in [3.05, 3.63) is 57.6 Å². The van der Waals surface area contributed by atoms with Crippen molar-refractivity contribution in [2.45, 2.75) is 153 Å². The van der Waals surface area contributed by atoms with Crippen molar-refractivity contribution in [2.24, 2.45) is 0 Å². The summed E-state index contributed by atoms with van der Waals surface area (Å²) in [5.41, 5.74) is 8.88. The molecule has 0 saturated carbocycles. The highest BCUT2D eigenvalue weighted by atomic mass is 32.2. The summed E-state index contributed by atoms with van der Waals surface area (Å²) in [5, 5.41) is 0. The predicted molar refractivity (Wildman–Crippen MR) is 169 cm³/mol. The lowest BCUT2D eigenvalue weighted by Gasteiger charge is -2.27. The molecule has 0 N–H and O–H groups in total. The molecule has 37 heavy (non-hydrogen) atoms. The topological polar surface area (TPSA) is 9.23 Å². The zero-order valence-corrected chi connectivity index (χ0v) is 27.8. The molecular weight excluding hydrogens is 489 g/mol. The highest BCUT2D eigenvalue weighted by Gasteiger charge is 2.23. The smallest absolute Gasteiger partial charge is 0.106 e. The van der Waals surface area contributed by atoms with E-state index in [4.69, 9.17) is 4.74 Å². The first-order valence-electron chi connectivity index (χ1n) is 14.5. The fourth-order valence-corrected chi connectivity index (χ4v) is 7.61. The molecule has 0 spiro atoms. The summed E-state index contributed by atoms with van der Waals surface area (Å²) in [7, 11) is 0. The average molecular weight is 543 g/mol. The first kappa shape index (κ1) is 32.3. The van der Waals surface area contributed by atoms with E-state index in [1.165, 1.54) is 43.2 Å². The second-order valence-corrected chi connectivity index (χ2v) is 15.1. The van der Waals surface area contributed by atoms with Crippen molar-refractivity contribution in [3.63, 3.8) is 0 Å². The third-order valence-electron chi connectivity index (χ3n) is 7.11. The van der Waals surface area contributed by atoms with E-state index in [1.807, 2.05) is 23.5 Å². The van der Waals surface area contributed by atoms with Crippen LogP contribution in [0.2, 0.25) is 0 Å². The zero-order valence-electron chi connectivity index (χ0n) is 26.2. The van der Waals surface area contributed by atoms with E-state index in [-0.39, 0.29) is 10.9 Å². The van der Waals surface area contributed by atoms with Crippen LogP contribution in [0.4, 0.5) is 0 Å². The first-order valence-corrected chi connectivity index (χ1v) is 16.2. The molecule has 0 heterocycles. The molecule has 0 aliphatic heterocycles. The summed E-state index contributed by atoms with van der Waals surface area (Å²) in [6.07, 6.45) is 0. The van der Waals surface area contributed by atoms with Crippen LogP contribution < -0.4 is 0 Å². The maximum atomic E-state index is 6.68. The molecule has 0 aromatic heterocycles. The molecule has 0 aliphatic carbocycles. The van der Waals surface area contributed by atoms with E-state index >= 15 is 0 Å². The van der Waals surface area contributed by atoms with Crippen LogP contribution in [-0.2, 0) is 4.74 Å². The Morgan fingerprint density at radius 1 is 0.405 bits per heavy atom. The molecule has 208 valence electrons. The largest absolute Gasteiger partial charge is 0.354 e. The Kier molecular flexibility index (Phi) is 12.2. The molecule has 2 rings (SSSR count). The Labute approximate surface area is 238 Å². The van der Waals surface area contributed by atoms with Crippen molar-refractivity contribution in [1.82, 2.24) is 0 Å². The molecule has 0 fully saturated rings. The van der Waals surface area contributed by atoms with Gasteiger partial charge in [-0.3, -0.25) is 0 Å². The number of thioether (sulfide) groups is 2. The second kappa shape index (κ2) is 13.9. The molecule has 0 saturated heterocycles. The average Bonchev–Trinajstić information content (AvgIpc) is 2.77. The maximum Gasteiger partial charge on any atom is 0.106 e. The van der Waals surface area contributed by atoms with Gasteiger partial charge in [0.05, 0.1) is 0 Å². The van der Waals surface area contributed by atoms with Crippen molar-refractivity contribution in [1.29, 1.82) is 0 Å². The van der Waals surface area contributed by atoms with Gasteiger partial charge in [-0.25, -0.2) is 0 Å². The Balaban J connectivity index is 2.36. The van der Waals surface area contributed by atoms with Crippen LogP contribution >= 0.6 is 23.5 Å². The summed E-state index contributed by atoms with van der Waals surface area (Å²) in [4.78, 5) is 2.84. The molecule has 2 atom stereocenters. The monoisotopic (exact) mass is 542 g/mol. The Bertz CT molecular complexity index is 877. The fourth-order valence-electron chi connectivity index (χ4n) is 4.71. The van der Waals surface area contributed by atoms with Gasteiger partial charge in [0, 0.05) is 9.79 Å². The summed E-state index contributed by atoms with van der Waals surface area (Å²) in [6, 6.07) is 9.76. The third kappa shape index (κ3) is 8.54. The molecule has 0 bridgehead atoms. The van der Waals surface area contributed by atoms with Gasteiger partial charge in [0.15, 0.2) is 0 Å². The van der Waals surface area contributed by atoms with Gasteiger partial charge in [-0.05, 0) is 82.7 Å². The van der Waals surface area contributed by atoms with Gasteiger partial charge in [-0.2, -0.15) is 0 Å². The van der Waals surface area contributed by atoms with E-state index in [1.54, 1.807) is 0 Å². The second-order valence-electron chi connectivity index (χ2n) is 12.5. The normalized spacial score (nSPS) is 14.2. The predicted octanol–water partition coefficient (Wildman–Crippen LogP) is 12.0. The fraction of sp³-hybridized carbons (Fsp3) is 0.647. The van der Waals surface area contributed by atoms with E-state index in [9.17, 15) is 0 Å². The van der Waals surface area contributed by atoms with Crippen LogP contribution in [0, 0.1) is 0 Å². The Hall–Kier alpha value is -0.900. The van der Waals surface area contributed by atoms with Crippen LogP contribution in [0.1, 0.15) is 166 Å². The summed E-state index contributed by atoms with van der Waals surface area (Å²) in [6.45, 7) is 32.2. The maximum absolute atomic E-state index is 6.68. The molecule has 0 radical (unpaired) electrons. The molecule has 2 unspecified atom stereocenters. The van der Waals surface area contributed by atoms with Gasteiger partial charge in [0.1, 0.15) is 10.9 Å². The van der Waals surface area contributed by atoms with Crippen LogP contribution in [-0.4, -0.2) is 10.9 Å². The number of ether oxygens (including phenoxy) is 1. The standard InChI is InChI=1S/C34H54OS2/c1-19(2)27-15-29(21(5)6)33(30(16-27)22(7)8)36-25(13)35-26(14)37-34-31(23(9)10)17-28(20(3)4)18-32(34)24(11)12/h15-26H,1-14H3. The van der Waals surface area contributed by atoms with Gasteiger partial charge >= 0.3 is 0 Å². The van der Waals surface area contributed by atoms with Gasteiger partial charge in [-0.15, -0.1) is 0 Å².